The molecule has 0 bridgehead atoms. The Morgan fingerprint density at radius 2 is 2.29 bits per heavy atom. The molecule has 0 aromatic rings. The Bertz CT molecular complexity index is 214. The highest BCUT2D eigenvalue weighted by Gasteiger charge is 2.21. The van der Waals surface area contributed by atoms with Gasteiger partial charge in [-0.3, -0.25) is 4.90 Å². The second-order valence-corrected chi connectivity index (χ2v) is 4.58. The van der Waals surface area contributed by atoms with Crippen molar-refractivity contribution in [2.24, 2.45) is 0 Å². The fourth-order valence-electron chi connectivity index (χ4n) is 1.94. The predicted octanol–water partition coefficient (Wildman–Crippen LogP) is 1.14. The number of likely N-dealkylation sites (N-methyl/N-ethyl adjacent to an activating group) is 1. The minimum absolute atomic E-state index is 0.374. The first-order chi connectivity index (χ1) is 6.63. The molecule has 1 aliphatic heterocycles. The van der Waals surface area contributed by atoms with E-state index in [1.807, 2.05) is 0 Å². The summed E-state index contributed by atoms with van der Waals surface area (Å²) in [6, 6.07) is 2.57. The van der Waals surface area contributed by atoms with E-state index in [2.05, 4.69) is 29.8 Å². The molecule has 1 rings (SSSR count). The Labute approximate surface area is 91.2 Å². The van der Waals surface area contributed by atoms with Gasteiger partial charge in [0.15, 0.2) is 0 Å². The van der Waals surface area contributed by atoms with Crippen LogP contribution in [-0.4, -0.2) is 54.4 Å². The lowest BCUT2D eigenvalue weighted by Gasteiger charge is -2.27. The normalized spacial score (nSPS) is 28.0. The number of nitrogens with zero attached hydrogens (tertiary/aromatic N) is 3. The van der Waals surface area contributed by atoms with E-state index in [9.17, 15) is 0 Å². The van der Waals surface area contributed by atoms with Crippen molar-refractivity contribution < 1.29 is 0 Å². The van der Waals surface area contributed by atoms with Crippen LogP contribution in [0.15, 0.2) is 0 Å². The highest BCUT2D eigenvalue weighted by Crippen LogP contribution is 2.10. The number of nitriles is 1. The van der Waals surface area contributed by atoms with E-state index in [1.165, 1.54) is 0 Å². The maximum atomic E-state index is 8.65. The summed E-state index contributed by atoms with van der Waals surface area (Å²) in [6.07, 6.45) is 1.16. The SMILES string of the molecule is CC1CN(C)CCCN1CC(Cl)C#N. The molecule has 0 aliphatic carbocycles. The highest BCUT2D eigenvalue weighted by atomic mass is 35.5. The molecule has 2 atom stereocenters. The number of rotatable bonds is 2. The summed E-state index contributed by atoms with van der Waals surface area (Å²) in [7, 11) is 2.14. The van der Waals surface area contributed by atoms with Gasteiger partial charge >= 0.3 is 0 Å². The van der Waals surface area contributed by atoms with Crippen molar-refractivity contribution in [1.82, 2.24) is 9.80 Å². The smallest absolute Gasteiger partial charge is 0.133 e. The van der Waals surface area contributed by atoms with Gasteiger partial charge in [-0.15, -0.1) is 11.6 Å². The zero-order valence-electron chi connectivity index (χ0n) is 8.91. The zero-order chi connectivity index (χ0) is 10.6. The lowest BCUT2D eigenvalue weighted by atomic mass is 10.2. The molecule has 14 heavy (non-hydrogen) atoms. The van der Waals surface area contributed by atoms with E-state index >= 15 is 0 Å². The molecule has 0 aromatic heterocycles. The summed E-state index contributed by atoms with van der Waals surface area (Å²) in [5, 5.41) is 8.28. The van der Waals surface area contributed by atoms with Crippen LogP contribution in [0.1, 0.15) is 13.3 Å². The molecule has 2 unspecified atom stereocenters. The van der Waals surface area contributed by atoms with E-state index in [1.54, 1.807) is 0 Å². The Morgan fingerprint density at radius 3 is 2.93 bits per heavy atom. The molecule has 3 nitrogen and oxygen atoms in total. The lowest BCUT2D eigenvalue weighted by Crippen LogP contribution is -2.40. The Balaban J connectivity index is 2.47. The van der Waals surface area contributed by atoms with Gasteiger partial charge in [0.05, 0.1) is 6.07 Å². The fourth-order valence-corrected chi connectivity index (χ4v) is 2.12. The monoisotopic (exact) mass is 215 g/mol. The minimum atomic E-state index is -0.374. The van der Waals surface area contributed by atoms with Gasteiger partial charge in [0.25, 0.3) is 0 Å². The third-order valence-corrected chi connectivity index (χ3v) is 2.95. The van der Waals surface area contributed by atoms with E-state index in [4.69, 9.17) is 16.9 Å². The van der Waals surface area contributed by atoms with Crippen LogP contribution < -0.4 is 0 Å². The molecule has 4 heteroatoms. The van der Waals surface area contributed by atoms with Crippen molar-refractivity contribution in [2.45, 2.75) is 24.8 Å². The van der Waals surface area contributed by atoms with Crippen molar-refractivity contribution in [2.75, 3.05) is 33.2 Å². The van der Waals surface area contributed by atoms with Gasteiger partial charge < -0.3 is 4.90 Å². The number of hydrogen-bond acceptors (Lipinski definition) is 3. The first-order valence-electron chi connectivity index (χ1n) is 5.09. The largest absolute Gasteiger partial charge is 0.305 e. The zero-order valence-corrected chi connectivity index (χ0v) is 9.67. The van der Waals surface area contributed by atoms with Gasteiger partial charge in [-0.1, -0.05) is 0 Å². The van der Waals surface area contributed by atoms with Gasteiger partial charge in [0, 0.05) is 19.1 Å². The molecule has 0 spiro atoms. The second-order valence-electron chi connectivity index (χ2n) is 4.06. The molecule has 0 amide bonds. The summed E-state index contributed by atoms with van der Waals surface area (Å²) in [5.74, 6) is 0. The molecule has 1 aliphatic rings. The molecule has 1 saturated heterocycles. The van der Waals surface area contributed by atoms with E-state index < -0.39 is 0 Å². The van der Waals surface area contributed by atoms with Crippen molar-refractivity contribution in [3.05, 3.63) is 0 Å². The number of alkyl halides is 1. The van der Waals surface area contributed by atoms with Crippen LogP contribution in [-0.2, 0) is 0 Å². The average Bonchev–Trinajstić information content (AvgIpc) is 2.29. The van der Waals surface area contributed by atoms with Gasteiger partial charge in [0.1, 0.15) is 5.38 Å². The number of halogens is 1. The van der Waals surface area contributed by atoms with Crippen LogP contribution in [0.25, 0.3) is 0 Å². The molecule has 0 aromatic carbocycles. The Kier molecular flexibility index (Phi) is 4.67. The molecular formula is C10H18ClN3. The van der Waals surface area contributed by atoms with Gasteiger partial charge in [0.2, 0.25) is 0 Å². The average molecular weight is 216 g/mol. The molecule has 0 saturated carbocycles. The fraction of sp³-hybridized carbons (Fsp3) is 0.900. The van der Waals surface area contributed by atoms with Gasteiger partial charge in [-0.05, 0) is 33.5 Å². The van der Waals surface area contributed by atoms with Crippen LogP contribution >= 0.6 is 11.6 Å². The Morgan fingerprint density at radius 1 is 1.57 bits per heavy atom. The van der Waals surface area contributed by atoms with Gasteiger partial charge in [-0.2, -0.15) is 5.26 Å². The van der Waals surface area contributed by atoms with Crippen LogP contribution in [0.2, 0.25) is 0 Å². The van der Waals surface area contributed by atoms with Crippen molar-refractivity contribution in [3.8, 4) is 6.07 Å². The second kappa shape index (κ2) is 5.55. The Hall–Kier alpha value is -0.300. The summed E-state index contributed by atoms with van der Waals surface area (Å²) < 4.78 is 0. The van der Waals surface area contributed by atoms with Crippen LogP contribution in [0.4, 0.5) is 0 Å². The molecule has 80 valence electrons. The summed E-state index contributed by atoms with van der Waals surface area (Å²) >= 11 is 5.84. The van der Waals surface area contributed by atoms with E-state index in [0.717, 1.165) is 26.1 Å². The standard InChI is InChI=1S/C10H18ClN3/c1-9-7-13(2)4-3-5-14(9)8-10(11)6-12/h9-10H,3-5,7-8H2,1-2H3. The van der Waals surface area contributed by atoms with Crippen LogP contribution in [0, 0.1) is 11.3 Å². The quantitative estimate of drug-likeness (QED) is 0.648. The topological polar surface area (TPSA) is 30.3 Å². The van der Waals surface area contributed by atoms with Crippen LogP contribution in [0.3, 0.4) is 0 Å². The van der Waals surface area contributed by atoms with Crippen molar-refractivity contribution in [3.63, 3.8) is 0 Å². The molecule has 1 heterocycles. The maximum Gasteiger partial charge on any atom is 0.133 e. The molecule has 0 N–H and O–H groups in total. The van der Waals surface area contributed by atoms with E-state index in [0.29, 0.717) is 12.6 Å². The van der Waals surface area contributed by atoms with Gasteiger partial charge in [-0.25, -0.2) is 0 Å². The third-order valence-electron chi connectivity index (χ3n) is 2.72. The highest BCUT2D eigenvalue weighted by molar-refractivity contribution is 6.22. The summed E-state index contributed by atoms with van der Waals surface area (Å²) in [6.45, 7) is 6.14. The van der Waals surface area contributed by atoms with Crippen LogP contribution in [0.5, 0.6) is 0 Å². The first-order valence-corrected chi connectivity index (χ1v) is 5.53. The third kappa shape index (κ3) is 3.45. The molecule has 1 fully saturated rings. The molecule has 0 radical (unpaired) electrons. The van der Waals surface area contributed by atoms with Crippen molar-refractivity contribution in [1.29, 1.82) is 5.26 Å². The molecular weight excluding hydrogens is 198 g/mol. The minimum Gasteiger partial charge on any atom is -0.305 e. The first kappa shape index (κ1) is 11.8. The maximum absolute atomic E-state index is 8.65. The number of hydrogen-bond donors (Lipinski definition) is 0. The lowest BCUT2D eigenvalue weighted by molar-refractivity contribution is 0.207. The van der Waals surface area contributed by atoms with Crippen molar-refractivity contribution >= 4 is 11.6 Å². The predicted molar refractivity (Wildman–Crippen MR) is 58.4 cm³/mol. The summed E-state index contributed by atoms with van der Waals surface area (Å²) in [5.41, 5.74) is 0. The summed E-state index contributed by atoms with van der Waals surface area (Å²) in [4.78, 5) is 4.64. The van der Waals surface area contributed by atoms with E-state index in [-0.39, 0.29) is 5.38 Å².